The van der Waals surface area contributed by atoms with Crippen LogP contribution >= 0.6 is 15.9 Å². The molecule has 3 N–H and O–H groups in total. The van der Waals surface area contributed by atoms with Crippen molar-refractivity contribution in [1.82, 2.24) is 16.0 Å². The Labute approximate surface area is 227 Å². The first kappa shape index (κ1) is 28.1. The minimum absolute atomic E-state index is 0.0689. The van der Waals surface area contributed by atoms with Gasteiger partial charge >= 0.3 is 0 Å². The Morgan fingerprint density at radius 3 is 2.38 bits per heavy atom. The molecular formula is C30H34BrN3O3. The fraction of sp³-hybridized carbons (Fsp3) is 0.300. The van der Waals surface area contributed by atoms with Crippen LogP contribution in [0.5, 0.6) is 0 Å². The van der Waals surface area contributed by atoms with Crippen LogP contribution in [0.2, 0.25) is 0 Å². The molecule has 2 aromatic rings. The van der Waals surface area contributed by atoms with Gasteiger partial charge in [-0.1, -0.05) is 77.8 Å². The molecule has 1 aliphatic carbocycles. The van der Waals surface area contributed by atoms with E-state index in [1.165, 1.54) is 0 Å². The topological polar surface area (TPSA) is 87.3 Å². The van der Waals surface area contributed by atoms with Crippen molar-refractivity contribution in [2.75, 3.05) is 0 Å². The standard InChI is InChI=1S/C30H34BrN3O3/c1-4-24(31)18-13-21(3)32-28(35)19-27(30(37)33-25-10-6-7-11-25)34-29(36)23-16-14-22(15-17-23)26-12-8-5-9-20(26)2/h4-5,8-9,12-18,25,27H,3,6-7,10-11,19H2,1-2H3,(H,32,35)(H,33,37)(H,34,36)/b18-13-,24-4+. The Balaban J connectivity index is 1.69. The molecule has 3 amide bonds. The van der Waals surface area contributed by atoms with Crippen LogP contribution in [0.25, 0.3) is 11.1 Å². The lowest BCUT2D eigenvalue weighted by Gasteiger charge is -2.21. The Hall–Kier alpha value is -3.45. The van der Waals surface area contributed by atoms with Crippen LogP contribution in [0.3, 0.4) is 0 Å². The van der Waals surface area contributed by atoms with Crippen molar-refractivity contribution in [3.63, 3.8) is 0 Å². The first-order valence-electron chi connectivity index (χ1n) is 12.5. The molecule has 1 unspecified atom stereocenters. The quantitative estimate of drug-likeness (QED) is 0.324. The highest BCUT2D eigenvalue weighted by atomic mass is 79.9. The Morgan fingerprint density at radius 2 is 1.73 bits per heavy atom. The van der Waals surface area contributed by atoms with Crippen molar-refractivity contribution in [2.45, 2.75) is 58.0 Å². The molecule has 2 aromatic carbocycles. The van der Waals surface area contributed by atoms with Gasteiger partial charge in [-0.15, -0.1) is 0 Å². The number of carbonyl (C=O) groups excluding carboxylic acids is 3. The molecule has 1 atom stereocenters. The lowest BCUT2D eigenvalue weighted by Crippen LogP contribution is -2.51. The van der Waals surface area contributed by atoms with Crippen LogP contribution in [-0.4, -0.2) is 29.8 Å². The number of benzene rings is 2. The van der Waals surface area contributed by atoms with Crippen molar-refractivity contribution < 1.29 is 14.4 Å². The third-order valence-corrected chi connectivity index (χ3v) is 7.06. The molecule has 194 valence electrons. The molecule has 0 aliphatic heterocycles. The van der Waals surface area contributed by atoms with Crippen molar-refractivity contribution in [1.29, 1.82) is 0 Å². The van der Waals surface area contributed by atoms with Crippen LogP contribution in [0.15, 0.2) is 83.5 Å². The highest BCUT2D eigenvalue weighted by Crippen LogP contribution is 2.23. The van der Waals surface area contributed by atoms with Gasteiger partial charge in [0.05, 0.1) is 6.42 Å². The van der Waals surface area contributed by atoms with E-state index in [4.69, 9.17) is 0 Å². The Bertz CT molecular complexity index is 1190. The molecule has 1 aliphatic rings. The molecule has 7 heteroatoms. The number of aryl methyl sites for hydroxylation is 1. The summed E-state index contributed by atoms with van der Waals surface area (Å²) in [5.74, 6) is -1.18. The van der Waals surface area contributed by atoms with E-state index in [0.717, 1.165) is 46.9 Å². The molecule has 0 radical (unpaired) electrons. The summed E-state index contributed by atoms with van der Waals surface area (Å²) in [7, 11) is 0. The van der Waals surface area contributed by atoms with Crippen LogP contribution in [-0.2, 0) is 9.59 Å². The molecule has 0 heterocycles. The van der Waals surface area contributed by atoms with E-state index in [9.17, 15) is 14.4 Å². The number of amides is 3. The van der Waals surface area contributed by atoms with Crippen LogP contribution in [0.1, 0.15) is 54.9 Å². The van der Waals surface area contributed by atoms with E-state index in [1.807, 2.05) is 56.3 Å². The van der Waals surface area contributed by atoms with Gasteiger partial charge in [0.2, 0.25) is 11.8 Å². The maximum Gasteiger partial charge on any atom is 0.251 e. The highest BCUT2D eigenvalue weighted by Gasteiger charge is 2.27. The smallest absolute Gasteiger partial charge is 0.251 e. The second-order valence-corrected chi connectivity index (χ2v) is 10.1. The van der Waals surface area contributed by atoms with Crippen molar-refractivity contribution in [3.05, 3.63) is 94.6 Å². The number of hydrogen-bond donors (Lipinski definition) is 3. The largest absolute Gasteiger partial charge is 0.352 e. The van der Waals surface area contributed by atoms with Crippen molar-refractivity contribution in [2.24, 2.45) is 0 Å². The predicted octanol–water partition coefficient (Wildman–Crippen LogP) is 5.69. The fourth-order valence-corrected chi connectivity index (χ4v) is 4.39. The molecule has 0 aromatic heterocycles. The monoisotopic (exact) mass is 563 g/mol. The lowest BCUT2D eigenvalue weighted by atomic mass is 9.99. The number of allylic oxidation sites excluding steroid dienone is 4. The zero-order chi connectivity index (χ0) is 26.8. The summed E-state index contributed by atoms with van der Waals surface area (Å²) >= 11 is 3.36. The third-order valence-electron chi connectivity index (χ3n) is 6.34. The minimum atomic E-state index is -1.01. The molecule has 37 heavy (non-hydrogen) atoms. The first-order valence-corrected chi connectivity index (χ1v) is 13.3. The van der Waals surface area contributed by atoms with Gasteiger partial charge in [-0.05, 0) is 67.7 Å². The molecule has 6 nitrogen and oxygen atoms in total. The SMILES string of the molecule is C=C(/C=C\C(Br)=C/C)NC(=O)CC(NC(=O)c1ccc(-c2ccccc2C)cc1)C(=O)NC1CCCC1. The third kappa shape index (κ3) is 8.57. The fourth-order valence-electron chi connectivity index (χ4n) is 4.25. The molecule has 1 saturated carbocycles. The van der Waals surface area contributed by atoms with E-state index in [0.29, 0.717) is 11.3 Å². The maximum absolute atomic E-state index is 13.1. The normalized spacial score (nSPS) is 14.8. The first-order chi connectivity index (χ1) is 17.8. The van der Waals surface area contributed by atoms with Crippen LogP contribution in [0, 0.1) is 6.92 Å². The molecule has 0 saturated heterocycles. The summed E-state index contributed by atoms with van der Waals surface area (Å²) in [6.45, 7) is 7.75. The molecular weight excluding hydrogens is 530 g/mol. The van der Waals surface area contributed by atoms with E-state index in [1.54, 1.807) is 24.3 Å². The molecule has 0 spiro atoms. The van der Waals surface area contributed by atoms with E-state index < -0.39 is 17.9 Å². The van der Waals surface area contributed by atoms with Gasteiger partial charge in [-0.2, -0.15) is 0 Å². The summed E-state index contributed by atoms with van der Waals surface area (Å²) < 4.78 is 0.845. The van der Waals surface area contributed by atoms with Gasteiger partial charge < -0.3 is 16.0 Å². The zero-order valence-corrected chi connectivity index (χ0v) is 22.9. The van der Waals surface area contributed by atoms with Gasteiger partial charge in [-0.25, -0.2) is 0 Å². The lowest BCUT2D eigenvalue weighted by molar-refractivity contribution is -0.128. The Kier molecular flexibility index (Phi) is 10.4. The molecule has 3 rings (SSSR count). The summed E-state index contributed by atoms with van der Waals surface area (Å²) in [5, 5.41) is 8.44. The second kappa shape index (κ2) is 13.7. The van der Waals surface area contributed by atoms with Crippen LogP contribution < -0.4 is 16.0 Å². The zero-order valence-electron chi connectivity index (χ0n) is 21.4. The van der Waals surface area contributed by atoms with E-state index >= 15 is 0 Å². The maximum atomic E-state index is 13.1. The van der Waals surface area contributed by atoms with E-state index in [2.05, 4.69) is 38.5 Å². The number of nitrogens with one attached hydrogen (secondary N) is 3. The second-order valence-electron chi connectivity index (χ2n) is 9.19. The average Bonchev–Trinajstić information content (AvgIpc) is 3.40. The van der Waals surface area contributed by atoms with Gasteiger partial charge in [-0.3, -0.25) is 14.4 Å². The summed E-state index contributed by atoms with van der Waals surface area (Å²) in [6, 6.07) is 14.3. The van der Waals surface area contributed by atoms with Crippen molar-refractivity contribution in [3.8, 4) is 11.1 Å². The number of carbonyl (C=O) groups is 3. The minimum Gasteiger partial charge on any atom is -0.352 e. The van der Waals surface area contributed by atoms with Gasteiger partial charge in [0, 0.05) is 21.8 Å². The number of rotatable bonds is 10. The van der Waals surface area contributed by atoms with Gasteiger partial charge in [0.25, 0.3) is 5.91 Å². The summed E-state index contributed by atoms with van der Waals surface area (Å²) in [5.41, 5.74) is 4.04. The van der Waals surface area contributed by atoms with Crippen molar-refractivity contribution >= 4 is 33.7 Å². The number of hydrogen-bond acceptors (Lipinski definition) is 3. The highest BCUT2D eigenvalue weighted by molar-refractivity contribution is 9.11. The predicted molar refractivity (Wildman–Crippen MR) is 152 cm³/mol. The van der Waals surface area contributed by atoms with Gasteiger partial charge in [0.15, 0.2) is 0 Å². The molecule has 0 bridgehead atoms. The summed E-state index contributed by atoms with van der Waals surface area (Å²) in [4.78, 5) is 38.8. The average molecular weight is 565 g/mol. The number of halogens is 1. The van der Waals surface area contributed by atoms with E-state index in [-0.39, 0.29) is 18.4 Å². The molecule has 1 fully saturated rings. The summed E-state index contributed by atoms with van der Waals surface area (Å²) in [6.07, 6.45) is 8.99. The van der Waals surface area contributed by atoms with Crippen LogP contribution in [0.4, 0.5) is 0 Å². The van der Waals surface area contributed by atoms with Gasteiger partial charge in [0.1, 0.15) is 6.04 Å². The Morgan fingerprint density at radius 1 is 1.05 bits per heavy atom.